The van der Waals surface area contributed by atoms with Crippen molar-refractivity contribution in [2.75, 3.05) is 0 Å². The van der Waals surface area contributed by atoms with E-state index in [2.05, 4.69) is 25.9 Å². The van der Waals surface area contributed by atoms with Gasteiger partial charge in [-0.15, -0.1) is 6.58 Å². The first kappa shape index (κ1) is 13.6. The maximum Gasteiger partial charge on any atom is 0.0250 e. The minimum Gasteiger partial charge on any atom is -0.271 e. The second-order valence-corrected chi connectivity index (χ2v) is 8.72. The van der Waals surface area contributed by atoms with E-state index in [0.29, 0.717) is 22.3 Å². The second-order valence-electron chi connectivity index (χ2n) is 8.72. The largest absolute Gasteiger partial charge is 0.271 e. The molecule has 108 valence electrons. The predicted octanol–water partition coefficient (Wildman–Crippen LogP) is 3.78. The molecule has 19 heavy (non-hydrogen) atoms. The van der Waals surface area contributed by atoms with Crippen LogP contribution in [0, 0.1) is 22.2 Å². The van der Waals surface area contributed by atoms with Crippen LogP contribution in [0.15, 0.2) is 12.7 Å². The van der Waals surface area contributed by atoms with Gasteiger partial charge in [-0.25, -0.2) is 0 Å². The van der Waals surface area contributed by atoms with Crippen LogP contribution in [-0.2, 0) is 0 Å². The molecule has 0 spiro atoms. The summed E-state index contributed by atoms with van der Waals surface area (Å²) in [6, 6.07) is 0.418. The van der Waals surface area contributed by atoms with Crippen molar-refractivity contribution in [3.8, 4) is 0 Å². The van der Waals surface area contributed by atoms with Crippen LogP contribution in [-0.4, -0.2) is 6.04 Å². The lowest BCUT2D eigenvalue weighted by Crippen LogP contribution is -2.56. The van der Waals surface area contributed by atoms with Crippen LogP contribution in [0.5, 0.6) is 0 Å². The molecular weight excluding hydrogens is 232 g/mol. The average molecular weight is 262 g/mol. The number of rotatable bonds is 5. The second kappa shape index (κ2) is 4.33. The summed E-state index contributed by atoms with van der Waals surface area (Å²) >= 11 is 0. The quantitative estimate of drug-likeness (QED) is 0.449. The molecule has 4 saturated carbocycles. The van der Waals surface area contributed by atoms with Crippen molar-refractivity contribution in [3.05, 3.63) is 12.7 Å². The van der Waals surface area contributed by atoms with Crippen molar-refractivity contribution in [1.82, 2.24) is 5.43 Å². The van der Waals surface area contributed by atoms with E-state index in [9.17, 15) is 0 Å². The van der Waals surface area contributed by atoms with Crippen molar-refractivity contribution < 1.29 is 0 Å². The van der Waals surface area contributed by atoms with E-state index in [-0.39, 0.29) is 0 Å². The number of nitrogens with one attached hydrogen (secondary N) is 1. The first-order valence-electron chi connectivity index (χ1n) is 7.97. The number of hydrogen-bond acceptors (Lipinski definition) is 2. The molecule has 2 nitrogen and oxygen atoms in total. The summed E-state index contributed by atoms with van der Waals surface area (Å²) in [4.78, 5) is 0. The van der Waals surface area contributed by atoms with Crippen LogP contribution in [0.3, 0.4) is 0 Å². The van der Waals surface area contributed by atoms with E-state index in [1.165, 1.54) is 44.9 Å². The van der Waals surface area contributed by atoms with Crippen LogP contribution < -0.4 is 11.3 Å². The highest BCUT2D eigenvalue weighted by molar-refractivity contribution is 5.11. The molecule has 0 radical (unpaired) electrons. The Morgan fingerprint density at radius 3 is 2.32 bits per heavy atom. The Labute approximate surface area is 118 Å². The van der Waals surface area contributed by atoms with Gasteiger partial charge in [-0.1, -0.05) is 19.9 Å². The Balaban J connectivity index is 1.82. The zero-order valence-corrected chi connectivity index (χ0v) is 12.7. The van der Waals surface area contributed by atoms with Gasteiger partial charge >= 0.3 is 0 Å². The average Bonchev–Trinajstić information content (AvgIpc) is 2.22. The number of nitrogens with two attached hydrogens (primary N) is 1. The van der Waals surface area contributed by atoms with E-state index < -0.39 is 0 Å². The van der Waals surface area contributed by atoms with Crippen LogP contribution in [0.2, 0.25) is 0 Å². The van der Waals surface area contributed by atoms with Gasteiger partial charge in [0.05, 0.1) is 0 Å². The smallest absolute Gasteiger partial charge is 0.0250 e. The molecule has 2 heteroatoms. The monoisotopic (exact) mass is 262 g/mol. The molecule has 0 aromatic rings. The summed E-state index contributed by atoms with van der Waals surface area (Å²) in [6.45, 7) is 8.96. The zero-order chi connectivity index (χ0) is 13.7. The van der Waals surface area contributed by atoms with Crippen LogP contribution in [0.4, 0.5) is 0 Å². The highest BCUT2D eigenvalue weighted by Crippen LogP contribution is 2.70. The summed E-state index contributed by atoms with van der Waals surface area (Å²) < 4.78 is 0. The third-order valence-corrected chi connectivity index (χ3v) is 6.11. The minimum atomic E-state index is 0.418. The summed E-state index contributed by atoms with van der Waals surface area (Å²) in [6.07, 6.45) is 13.0. The fourth-order valence-electron chi connectivity index (χ4n) is 6.85. The zero-order valence-electron chi connectivity index (χ0n) is 12.7. The van der Waals surface area contributed by atoms with Crippen molar-refractivity contribution in [3.63, 3.8) is 0 Å². The Bertz CT molecular complexity index is 357. The molecule has 3 atom stereocenters. The fraction of sp³-hybridized carbons (Fsp3) is 0.882. The van der Waals surface area contributed by atoms with Gasteiger partial charge in [0, 0.05) is 6.04 Å². The maximum atomic E-state index is 5.76. The topological polar surface area (TPSA) is 38.0 Å². The van der Waals surface area contributed by atoms with Gasteiger partial charge < -0.3 is 0 Å². The van der Waals surface area contributed by atoms with Crippen molar-refractivity contribution in [2.45, 2.75) is 71.3 Å². The molecule has 3 unspecified atom stereocenters. The Morgan fingerprint density at radius 2 is 1.84 bits per heavy atom. The third kappa shape index (κ3) is 2.38. The molecule has 4 fully saturated rings. The van der Waals surface area contributed by atoms with Gasteiger partial charge in [0.2, 0.25) is 0 Å². The van der Waals surface area contributed by atoms with Gasteiger partial charge in [-0.05, 0) is 73.5 Å². The maximum absolute atomic E-state index is 5.76. The summed E-state index contributed by atoms with van der Waals surface area (Å²) in [5.74, 6) is 6.74. The molecule has 3 N–H and O–H groups in total. The van der Waals surface area contributed by atoms with Gasteiger partial charge in [0.1, 0.15) is 0 Å². The lowest BCUT2D eigenvalue weighted by Gasteiger charge is -2.66. The molecule has 4 rings (SSSR count). The van der Waals surface area contributed by atoms with Crippen LogP contribution >= 0.6 is 0 Å². The molecule has 4 bridgehead atoms. The highest BCUT2D eigenvalue weighted by atomic mass is 15.2. The standard InChI is InChI=1S/C17H30N2/c1-4-5-14(19-18)9-17-8-13-6-15(2,11-17)10-16(3,7-13)12-17/h4,13-14,19H,1,5-12,18H2,2-3H3. The summed E-state index contributed by atoms with van der Waals surface area (Å²) in [5.41, 5.74) is 4.82. The van der Waals surface area contributed by atoms with Crippen molar-refractivity contribution in [1.29, 1.82) is 0 Å². The molecule has 0 heterocycles. The van der Waals surface area contributed by atoms with Crippen LogP contribution in [0.25, 0.3) is 0 Å². The SMILES string of the molecule is C=CCC(CC12CC3CC(C)(CC(C)(C3)C1)C2)NN. The fourth-order valence-corrected chi connectivity index (χ4v) is 6.85. The normalized spacial score (nSPS) is 49.3. The molecular formula is C17H30N2. The van der Waals surface area contributed by atoms with E-state index >= 15 is 0 Å². The Morgan fingerprint density at radius 1 is 1.21 bits per heavy atom. The predicted molar refractivity (Wildman–Crippen MR) is 80.4 cm³/mol. The molecule has 4 aliphatic rings. The third-order valence-electron chi connectivity index (χ3n) is 6.11. The first-order valence-corrected chi connectivity index (χ1v) is 7.97. The molecule has 0 amide bonds. The van der Waals surface area contributed by atoms with E-state index in [1.54, 1.807) is 0 Å². The number of hydrogen-bond donors (Lipinski definition) is 2. The summed E-state index contributed by atoms with van der Waals surface area (Å²) in [7, 11) is 0. The number of hydrazine groups is 1. The van der Waals surface area contributed by atoms with Gasteiger partial charge in [0.25, 0.3) is 0 Å². The molecule has 0 aromatic heterocycles. The minimum absolute atomic E-state index is 0.418. The highest BCUT2D eigenvalue weighted by Gasteiger charge is 2.59. The van der Waals surface area contributed by atoms with E-state index in [4.69, 9.17) is 5.84 Å². The van der Waals surface area contributed by atoms with Gasteiger partial charge in [0.15, 0.2) is 0 Å². The van der Waals surface area contributed by atoms with E-state index in [1.807, 2.05) is 6.08 Å². The Kier molecular flexibility index (Phi) is 3.10. The lowest BCUT2D eigenvalue weighted by molar-refractivity contribution is -0.150. The Hall–Kier alpha value is -0.340. The molecule has 0 aliphatic heterocycles. The molecule has 4 aliphatic carbocycles. The van der Waals surface area contributed by atoms with Crippen molar-refractivity contribution >= 4 is 0 Å². The van der Waals surface area contributed by atoms with E-state index in [0.717, 1.165) is 12.3 Å². The summed E-state index contributed by atoms with van der Waals surface area (Å²) in [5, 5.41) is 0. The molecule has 0 aromatic carbocycles. The van der Waals surface area contributed by atoms with Crippen LogP contribution in [0.1, 0.15) is 65.2 Å². The lowest BCUT2D eigenvalue weighted by atomic mass is 9.39. The molecule has 0 saturated heterocycles. The van der Waals surface area contributed by atoms with Crippen molar-refractivity contribution in [2.24, 2.45) is 28.0 Å². The first-order chi connectivity index (χ1) is 8.90. The van der Waals surface area contributed by atoms with Gasteiger partial charge in [-0.2, -0.15) is 0 Å². The van der Waals surface area contributed by atoms with Gasteiger partial charge in [-0.3, -0.25) is 11.3 Å².